The van der Waals surface area contributed by atoms with Crippen LogP contribution in [0.1, 0.15) is 21.9 Å². The van der Waals surface area contributed by atoms with E-state index in [2.05, 4.69) is 5.32 Å². The van der Waals surface area contributed by atoms with Gasteiger partial charge in [0.2, 0.25) is 5.75 Å². The van der Waals surface area contributed by atoms with Crippen molar-refractivity contribution < 1.29 is 32.0 Å². The minimum Gasteiger partial charge on any atom is -0.493 e. The lowest BCUT2D eigenvalue weighted by molar-refractivity contribution is 0.0925. The topological polar surface area (TPSA) is 87.0 Å². The van der Waals surface area contributed by atoms with Crippen LogP contribution in [0.3, 0.4) is 0 Å². The van der Waals surface area contributed by atoms with Gasteiger partial charge in [-0.15, -0.1) is 0 Å². The van der Waals surface area contributed by atoms with Crippen molar-refractivity contribution in [2.45, 2.75) is 17.1 Å². The molecule has 1 N–H and O–H groups in total. The number of ether oxygens (including phenoxy) is 3. The first-order valence-corrected chi connectivity index (χ1v) is 11.1. The molecule has 3 rings (SSSR count). The highest BCUT2D eigenvalue weighted by Crippen LogP contribution is 2.39. The van der Waals surface area contributed by atoms with Crippen molar-refractivity contribution in [3.05, 3.63) is 71.4 Å². The van der Waals surface area contributed by atoms with Crippen LogP contribution in [0.5, 0.6) is 17.2 Å². The Kier molecular flexibility index (Phi) is 7.88. The molecule has 0 fully saturated rings. The molecule has 7 nitrogen and oxygen atoms in total. The molecule has 0 aliphatic heterocycles. The predicted molar refractivity (Wildman–Crippen MR) is 117 cm³/mol. The van der Waals surface area contributed by atoms with Gasteiger partial charge in [0.25, 0.3) is 5.91 Å². The zero-order valence-electron chi connectivity index (χ0n) is 18.0. The van der Waals surface area contributed by atoms with Gasteiger partial charge in [-0.25, -0.2) is 4.39 Å². The molecule has 32 heavy (non-hydrogen) atoms. The average molecular weight is 462 g/mol. The van der Waals surface area contributed by atoms with Crippen LogP contribution in [-0.2, 0) is 23.0 Å². The third-order valence-corrected chi connectivity index (χ3v) is 6.05. The molecule has 0 radical (unpaired) electrons. The highest BCUT2D eigenvalue weighted by atomic mass is 32.2. The molecule has 1 heterocycles. The smallest absolute Gasteiger partial charge is 0.287 e. The second kappa shape index (κ2) is 10.8. The standard InChI is InChI=1S/C23H24FNO6S/c1-28-19-10-4-15(21(29-2)22(19)30-3)12-13-25-23(26)20-11-7-17(31-20)14-32(27)18-8-5-16(24)6-9-18/h4-11H,12-14H2,1-3H3,(H,25,26)/t32-/m1/s1. The van der Waals surface area contributed by atoms with Crippen LogP contribution < -0.4 is 19.5 Å². The Labute approximate surface area is 187 Å². The molecule has 0 aliphatic rings. The van der Waals surface area contributed by atoms with E-state index in [4.69, 9.17) is 18.6 Å². The number of furan rings is 1. The van der Waals surface area contributed by atoms with E-state index in [-0.39, 0.29) is 17.4 Å². The van der Waals surface area contributed by atoms with E-state index < -0.39 is 16.6 Å². The number of amides is 1. The quantitative estimate of drug-likeness (QED) is 0.495. The van der Waals surface area contributed by atoms with Crippen LogP contribution in [0.25, 0.3) is 0 Å². The van der Waals surface area contributed by atoms with E-state index in [1.807, 2.05) is 6.07 Å². The Bertz CT molecular complexity index is 1100. The molecule has 0 saturated heterocycles. The van der Waals surface area contributed by atoms with E-state index in [1.54, 1.807) is 26.4 Å². The van der Waals surface area contributed by atoms with Crippen molar-refractivity contribution in [3.63, 3.8) is 0 Å². The van der Waals surface area contributed by atoms with Gasteiger partial charge < -0.3 is 23.9 Å². The SMILES string of the molecule is COc1ccc(CCNC(=O)c2ccc(C[S@@](=O)c3ccc(F)cc3)o2)c(OC)c1OC. The number of carbonyl (C=O) groups is 1. The van der Waals surface area contributed by atoms with E-state index in [9.17, 15) is 13.4 Å². The Morgan fingerprint density at radius 3 is 2.34 bits per heavy atom. The number of hydrogen-bond donors (Lipinski definition) is 1. The molecule has 1 amide bonds. The van der Waals surface area contributed by atoms with Crippen LogP contribution in [-0.4, -0.2) is 38.0 Å². The van der Waals surface area contributed by atoms with E-state index in [0.717, 1.165) is 5.56 Å². The molecule has 0 saturated carbocycles. The number of rotatable bonds is 10. The van der Waals surface area contributed by atoms with Crippen molar-refractivity contribution in [2.75, 3.05) is 27.9 Å². The molecule has 0 bridgehead atoms. The van der Waals surface area contributed by atoms with Gasteiger partial charge in [-0.05, 0) is 48.9 Å². The third kappa shape index (κ3) is 5.47. The zero-order chi connectivity index (χ0) is 23.1. The van der Waals surface area contributed by atoms with E-state index >= 15 is 0 Å². The summed E-state index contributed by atoms with van der Waals surface area (Å²) in [4.78, 5) is 12.9. The monoisotopic (exact) mass is 461 g/mol. The summed E-state index contributed by atoms with van der Waals surface area (Å²) in [6, 6.07) is 12.2. The summed E-state index contributed by atoms with van der Waals surface area (Å²) in [6.07, 6.45) is 0.497. The van der Waals surface area contributed by atoms with Crippen molar-refractivity contribution in [2.24, 2.45) is 0 Å². The van der Waals surface area contributed by atoms with Crippen molar-refractivity contribution in [1.29, 1.82) is 0 Å². The second-order valence-corrected chi connectivity index (χ2v) is 8.16. The minimum atomic E-state index is -1.41. The summed E-state index contributed by atoms with van der Waals surface area (Å²) in [7, 11) is 3.21. The maximum absolute atomic E-state index is 13.0. The molecular weight excluding hydrogens is 437 g/mol. The van der Waals surface area contributed by atoms with Gasteiger partial charge in [0, 0.05) is 17.0 Å². The van der Waals surface area contributed by atoms with Gasteiger partial charge in [0.15, 0.2) is 17.3 Å². The highest BCUT2D eigenvalue weighted by molar-refractivity contribution is 7.84. The molecule has 2 aromatic carbocycles. The summed E-state index contributed by atoms with van der Waals surface area (Å²) in [6.45, 7) is 0.336. The van der Waals surface area contributed by atoms with Crippen LogP contribution >= 0.6 is 0 Å². The van der Waals surface area contributed by atoms with Gasteiger partial charge in [-0.3, -0.25) is 9.00 Å². The minimum absolute atomic E-state index is 0.0851. The lowest BCUT2D eigenvalue weighted by Gasteiger charge is -2.15. The number of carbonyl (C=O) groups excluding carboxylic acids is 1. The molecule has 1 atom stereocenters. The lowest BCUT2D eigenvalue weighted by Crippen LogP contribution is -2.25. The first-order valence-electron chi connectivity index (χ1n) is 9.75. The fraction of sp³-hybridized carbons (Fsp3) is 0.261. The number of hydrogen-bond acceptors (Lipinski definition) is 6. The van der Waals surface area contributed by atoms with Crippen molar-refractivity contribution in [3.8, 4) is 17.2 Å². The van der Waals surface area contributed by atoms with Gasteiger partial charge in [-0.1, -0.05) is 6.07 Å². The Morgan fingerprint density at radius 1 is 0.969 bits per heavy atom. The summed E-state index contributed by atoms with van der Waals surface area (Å²) >= 11 is 0. The fourth-order valence-corrected chi connectivity index (χ4v) is 4.15. The first-order chi connectivity index (χ1) is 15.5. The number of nitrogens with one attached hydrogen (secondary N) is 1. The molecule has 1 aromatic heterocycles. The van der Waals surface area contributed by atoms with Crippen molar-refractivity contribution in [1.82, 2.24) is 5.32 Å². The molecule has 0 spiro atoms. The average Bonchev–Trinajstić information content (AvgIpc) is 3.27. The largest absolute Gasteiger partial charge is 0.493 e. The first kappa shape index (κ1) is 23.3. The Morgan fingerprint density at radius 2 is 1.69 bits per heavy atom. The van der Waals surface area contributed by atoms with Crippen LogP contribution in [0, 0.1) is 5.82 Å². The zero-order valence-corrected chi connectivity index (χ0v) is 18.8. The van der Waals surface area contributed by atoms with E-state index in [1.165, 1.54) is 37.4 Å². The number of methoxy groups -OCH3 is 3. The third-order valence-electron chi connectivity index (χ3n) is 4.70. The maximum atomic E-state index is 13.0. The molecular formula is C23H24FNO6S. The predicted octanol–water partition coefficient (Wildman–Crippen LogP) is 3.72. The second-order valence-electron chi connectivity index (χ2n) is 6.71. The Balaban J connectivity index is 1.58. The molecule has 3 aromatic rings. The summed E-state index contributed by atoms with van der Waals surface area (Å²) < 4.78 is 47.0. The maximum Gasteiger partial charge on any atom is 0.287 e. The van der Waals surface area contributed by atoms with Gasteiger partial charge in [0.1, 0.15) is 11.6 Å². The van der Waals surface area contributed by atoms with Crippen LogP contribution in [0.15, 0.2) is 57.8 Å². The summed E-state index contributed by atoms with van der Waals surface area (Å²) in [5, 5.41) is 2.79. The number of halogens is 1. The fourth-order valence-electron chi connectivity index (χ4n) is 3.13. The highest BCUT2D eigenvalue weighted by Gasteiger charge is 2.17. The lowest BCUT2D eigenvalue weighted by atomic mass is 10.1. The molecule has 0 aliphatic carbocycles. The normalized spacial score (nSPS) is 11.6. The van der Waals surface area contributed by atoms with Gasteiger partial charge >= 0.3 is 0 Å². The summed E-state index contributed by atoms with van der Waals surface area (Å²) in [5.41, 5.74) is 0.847. The van der Waals surface area contributed by atoms with Crippen molar-refractivity contribution >= 4 is 16.7 Å². The van der Waals surface area contributed by atoms with Crippen LogP contribution in [0.2, 0.25) is 0 Å². The molecule has 170 valence electrons. The van der Waals surface area contributed by atoms with Gasteiger partial charge in [-0.2, -0.15) is 0 Å². The molecule has 9 heteroatoms. The van der Waals surface area contributed by atoms with Gasteiger partial charge in [0.05, 0.1) is 37.9 Å². The summed E-state index contributed by atoms with van der Waals surface area (Å²) in [5.74, 6) is 1.42. The Hall–Kier alpha value is -3.33. The van der Waals surface area contributed by atoms with Crippen LogP contribution in [0.4, 0.5) is 4.39 Å². The van der Waals surface area contributed by atoms with E-state index in [0.29, 0.717) is 40.9 Å². The number of benzene rings is 2. The molecule has 0 unspecified atom stereocenters.